The largest absolute Gasteiger partial charge is 0.456 e. The molecule has 0 N–H and O–H groups in total. The molecule has 172 valence electrons. The highest BCUT2D eigenvalue weighted by molar-refractivity contribution is 5.81. The molecule has 3 aromatic rings. The summed E-state index contributed by atoms with van der Waals surface area (Å²) in [6.45, 7) is -0.342. The standard InChI is InChI=1S/C25H24F2N2O4/c1-29(21-8-4-6-16-5-2-3-7-18(16)21)24(30)15-32-25(31)12-11-23-28-14-22(33-23)19-10-9-17(26)13-20(19)27/h2-3,5,7,9-10,13-14,21H,4,6,8,11-12,15H2,1H3. The fourth-order valence-corrected chi connectivity index (χ4v) is 4.07. The molecule has 0 saturated carbocycles. The van der Waals surface area contributed by atoms with Crippen molar-refractivity contribution in [2.45, 2.75) is 38.1 Å². The Bertz CT molecular complexity index is 1160. The number of ether oxygens (including phenoxy) is 1. The first-order chi connectivity index (χ1) is 15.9. The number of carbonyl (C=O) groups is 2. The highest BCUT2D eigenvalue weighted by Crippen LogP contribution is 2.33. The molecule has 1 aliphatic rings. The van der Waals surface area contributed by atoms with Gasteiger partial charge in [-0.05, 0) is 42.5 Å². The van der Waals surface area contributed by atoms with E-state index in [9.17, 15) is 18.4 Å². The Morgan fingerprint density at radius 2 is 2.03 bits per heavy atom. The van der Waals surface area contributed by atoms with Crippen LogP contribution in [0.4, 0.5) is 8.78 Å². The van der Waals surface area contributed by atoms with Crippen LogP contribution in [0.2, 0.25) is 0 Å². The van der Waals surface area contributed by atoms with Crippen LogP contribution in [-0.4, -0.2) is 35.4 Å². The van der Waals surface area contributed by atoms with Crippen molar-refractivity contribution in [2.24, 2.45) is 0 Å². The number of likely N-dealkylation sites (N-methyl/N-ethyl adjacent to an activating group) is 1. The van der Waals surface area contributed by atoms with Crippen LogP contribution in [0.25, 0.3) is 11.3 Å². The molecule has 1 aromatic heterocycles. The van der Waals surface area contributed by atoms with Crippen LogP contribution >= 0.6 is 0 Å². The molecule has 0 aliphatic heterocycles. The second kappa shape index (κ2) is 9.94. The zero-order valence-corrected chi connectivity index (χ0v) is 18.2. The summed E-state index contributed by atoms with van der Waals surface area (Å²) >= 11 is 0. The number of hydrogen-bond acceptors (Lipinski definition) is 5. The first kappa shape index (κ1) is 22.6. The van der Waals surface area contributed by atoms with Crippen LogP contribution < -0.4 is 0 Å². The molecule has 1 unspecified atom stereocenters. The maximum atomic E-state index is 13.9. The molecule has 2 aromatic carbocycles. The number of carbonyl (C=O) groups excluding carboxylic acids is 2. The molecular weight excluding hydrogens is 430 g/mol. The van der Waals surface area contributed by atoms with E-state index in [-0.39, 0.29) is 48.6 Å². The smallest absolute Gasteiger partial charge is 0.306 e. The number of oxazole rings is 1. The lowest BCUT2D eigenvalue weighted by Crippen LogP contribution is -2.36. The molecule has 1 atom stereocenters. The highest BCUT2D eigenvalue weighted by atomic mass is 19.1. The van der Waals surface area contributed by atoms with Gasteiger partial charge in [-0.1, -0.05) is 24.3 Å². The van der Waals surface area contributed by atoms with Crippen LogP contribution in [0.5, 0.6) is 0 Å². The Hall–Kier alpha value is -3.55. The number of aromatic nitrogens is 1. The van der Waals surface area contributed by atoms with Crippen molar-refractivity contribution in [3.63, 3.8) is 0 Å². The summed E-state index contributed by atoms with van der Waals surface area (Å²) in [6.07, 6.45) is 4.27. The minimum Gasteiger partial charge on any atom is -0.456 e. The average Bonchev–Trinajstić information content (AvgIpc) is 3.29. The molecule has 0 fully saturated rings. The van der Waals surface area contributed by atoms with E-state index < -0.39 is 17.6 Å². The fraction of sp³-hybridized carbons (Fsp3) is 0.320. The summed E-state index contributed by atoms with van der Waals surface area (Å²) in [5.74, 6) is -1.93. The second-order valence-electron chi connectivity index (χ2n) is 8.01. The molecular formula is C25H24F2N2O4. The topological polar surface area (TPSA) is 72.6 Å². The van der Waals surface area contributed by atoms with Gasteiger partial charge in [0, 0.05) is 19.5 Å². The maximum absolute atomic E-state index is 13.9. The first-order valence-corrected chi connectivity index (χ1v) is 10.8. The number of aryl methyl sites for hydroxylation is 2. The van der Waals surface area contributed by atoms with Gasteiger partial charge >= 0.3 is 5.97 Å². The number of nitrogens with zero attached hydrogens (tertiary/aromatic N) is 2. The summed E-state index contributed by atoms with van der Waals surface area (Å²) in [5.41, 5.74) is 2.47. The zero-order chi connectivity index (χ0) is 23.4. The van der Waals surface area contributed by atoms with Crippen LogP contribution in [0.3, 0.4) is 0 Å². The van der Waals surface area contributed by atoms with Gasteiger partial charge in [-0.2, -0.15) is 0 Å². The highest BCUT2D eigenvalue weighted by Gasteiger charge is 2.27. The second-order valence-corrected chi connectivity index (χ2v) is 8.01. The number of amides is 1. The summed E-state index contributed by atoms with van der Waals surface area (Å²) in [7, 11) is 1.73. The first-order valence-electron chi connectivity index (χ1n) is 10.8. The van der Waals surface area contributed by atoms with Gasteiger partial charge in [0.05, 0.1) is 24.2 Å². The van der Waals surface area contributed by atoms with Crippen molar-refractivity contribution in [3.8, 4) is 11.3 Å². The average molecular weight is 454 g/mol. The Labute approximate surface area is 190 Å². The van der Waals surface area contributed by atoms with Crippen molar-refractivity contribution < 1.29 is 27.5 Å². The van der Waals surface area contributed by atoms with Gasteiger partial charge in [0.1, 0.15) is 11.6 Å². The molecule has 0 saturated heterocycles. The minimum atomic E-state index is -0.764. The number of hydrogen-bond donors (Lipinski definition) is 0. The van der Waals surface area contributed by atoms with Crippen molar-refractivity contribution in [3.05, 3.63) is 77.3 Å². The van der Waals surface area contributed by atoms with Gasteiger partial charge in [0.15, 0.2) is 18.3 Å². The van der Waals surface area contributed by atoms with E-state index in [1.807, 2.05) is 18.2 Å². The van der Waals surface area contributed by atoms with Crippen LogP contribution in [0, 0.1) is 11.6 Å². The zero-order valence-electron chi connectivity index (χ0n) is 18.2. The lowest BCUT2D eigenvalue weighted by molar-refractivity contribution is -0.152. The number of esters is 1. The third-order valence-corrected chi connectivity index (χ3v) is 5.85. The Morgan fingerprint density at radius 3 is 2.85 bits per heavy atom. The van der Waals surface area contributed by atoms with Crippen molar-refractivity contribution >= 4 is 11.9 Å². The van der Waals surface area contributed by atoms with E-state index in [1.165, 1.54) is 17.8 Å². The SMILES string of the molecule is CN(C(=O)COC(=O)CCc1ncc(-c2ccc(F)cc2F)o1)C1CCCc2ccccc21. The molecule has 1 amide bonds. The number of benzene rings is 2. The molecule has 1 heterocycles. The van der Waals surface area contributed by atoms with Crippen LogP contribution in [0.1, 0.15) is 42.3 Å². The van der Waals surface area contributed by atoms with E-state index in [0.717, 1.165) is 37.0 Å². The van der Waals surface area contributed by atoms with Gasteiger partial charge < -0.3 is 14.1 Å². The van der Waals surface area contributed by atoms with E-state index in [4.69, 9.17) is 9.15 Å². The van der Waals surface area contributed by atoms with Crippen LogP contribution in [-0.2, 0) is 27.2 Å². The predicted octanol–water partition coefficient (Wildman–Crippen LogP) is 4.63. The van der Waals surface area contributed by atoms with Crippen LogP contribution in [0.15, 0.2) is 53.1 Å². The summed E-state index contributed by atoms with van der Waals surface area (Å²) < 4.78 is 37.6. The molecule has 1 aliphatic carbocycles. The summed E-state index contributed by atoms with van der Waals surface area (Å²) in [6, 6.07) is 11.2. The summed E-state index contributed by atoms with van der Waals surface area (Å²) in [4.78, 5) is 30.4. The number of rotatable bonds is 7. The molecule has 0 spiro atoms. The predicted molar refractivity (Wildman–Crippen MR) is 116 cm³/mol. The third kappa shape index (κ3) is 5.27. The summed E-state index contributed by atoms with van der Waals surface area (Å²) in [5, 5.41) is 0. The molecule has 4 rings (SSSR count). The normalized spacial score (nSPS) is 15.1. The van der Waals surface area contributed by atoms with Gasteiger partial charge in [-0.25, -0.2) is 13.8 Å². The van der Waals surface area contributed by atoms with Gasteiger partial charge in [-0.3, -0.25) is 9.59 Å². The van der Waals surface area contributed by atoms with Crippen molar-refractivity contribution in [2.75, 3.05) is 13.7 Å². The molecule has 6 nitrogen and oxygen atoms in total. The van der Waals surface area contributed by atoms with Crippen molar-refractivity contribution in [1.82, 2.24) is 9.88 Å². The minimum absolute atomic E-state index is 0.0289. The Balaban J connectivity index is 1.27. The Morgan fingerprint density at radius 1 is 1.21 bits per heavy atom. The molecule has 0 radical (unpaired) electrons. The van der Waals surface area contributed by atoms with E-state index >= 15 is 0 Å². The lowest BCUT2D eigenvalue weighted by atomic mass is 9.87. The number of fused-ring (bicyclic) bond motifs is 1. The monoisotopic (exact) mass is 454 g/mol. The van der Waals surface area contributed by atoms with E-state index in [2.05, 4.69) is 11.1 Å². The van der Waals surface area contributed by atoms with E-state index in [0.29, 0.717) is 0 Å². The van der Waals surface area contributed by atoms with Gasteiger partial charge in [0.25, 0.3) is 5.91 Å². The lowest BCUT2D eigenvalue weighted by Gasteiger charge is -2.33. The number of halogens is 2. The Kier molecular flexibility index (Phi) is 6.82. The van der Waals surface area contributed by atoms with E-state index in [1.54, 1.807) is 11.9 Å². The molecule has 33 heavy (non-hydrogen) atoms. The van der Waals surface area contributed by atoms with Crippen molar-refractivity contribution in [1.29, 1.82) is 0 Å². The third-order valence-electron chi connectivity index (χ3n) is 5.85. The molecule has 0 bridgehead atoms. The van der Waals surface area contributed by atoms with Gasteiger partial charge in [-0.15, -0.1) is 0 Å². The maximum Gasteiger partial charge on any atom is 0.306 e. The quantitative estimate of drug-likeness (QED) is 0.487. The van der Waals surface area contributed by atoms with Gasteiger partial charge in [0.2, 0.25) is 0 Å². The molecule has 8 heteroatoms. The fourth-order valence-electron chi connectivity index (χ4n) is 4.07.